The van der Waals surface area contributed by atoms with E-state index in [1.165, 1.54) is 23.6 Å². The summed E-state index contributed by atoms with van der Waals surface area (Å²) in [5.41, 5.74) is -1.95. The van der Waals surface area contributed by atoms with Crippen LogP contribution >= 0.6 is 11.3 Å². The fraction of sp³-hybridized carbons (Fsp3) is 0.0714. The third-order valence-electron chi connectivity index (χ3n) is 3.05. The fourth-order valence-corrected chi connectivity index (χ4v) is 2.85. The van der Waals surface area contributed by atoms with Gasteiger partial charge in [-0.3, -0.25) is 0 Å². The molecule has 0 unspecified atom stereocenters. The van der Waals surface area contributed by atoms with Crippen LogP contribution in [0.25, 0.3) is 16.4 Å². The molecule has 10 heteroatoms. The van der Waals surface area contributed by atoms with E-state index in [4.69, 9.17) is 0 Å². The molecule has 24 heavy (non-hydrogen) atoms. The van der Waals surface area contributed by atoms with Crippen molar-refractivity contribution in [2.45, 2.75) is 6.18 Å². The molecule has 3 aromatic rings. The summed E-state index contributed by atoms with van der Waals surface area (Å²) in [6, 6.07) is 5.38. The van der Waals surface area contributed by atoms with Crippen LogP contribution in [-0.2, 0) is 6.18 Å². The second-order valence-corrected chi connectivity index (χ2v) is 5.47. The average molecular weight is 356 g/mol. The van der Waals surface area contributed by atoms with E-state index in [0.717, 1.165) is 11.3 Å². The lowest BCUT2D eigenvalue weighted by Gasteiger charge is -2.11. The van der Waals surface area contributed by atoms with Crippen LogP contribution in [0.3, 0.4) is 0 Å². The number of aromatic carboxylic acids is 1. The molecule has 0 aliphatic heterocycles. The van der Waals surface area contributed by atoms with Crippen molar-refractivity contribution in [1.82, 2.24) is 14.8 Å². The van der Waals surface area contributed by atoms with Gasteiger partial charge >= 0.3 is 6.18 Å². The highest BCUT2D eigenvalue weighted by molar-refractivity contribution is 7.12. The molecule has 124 valence electrons. The van der Waals surface area contributed by atoms with Crippen molar-refractivity contribution in [3.05, 3.63) is 52.9 Å². The van der Waals surface area contributed by atoms with Crippen LogP contribution in [0.1, 0.15) is 16.1 Å². The summed E-state index contributed by atoms with van der Waals surface area (Å²) in [7, 11) is 0. The Labute approximate surface area is 135 Å². The van der Waals surface area contributed by atoms with Crippen molar-refractivity contribution in [2.75, 3.05) is 0 Å². The Balaban J connectivity index is 2.10. The second kappa shape index (κ2) is 5.71. The van der Waals surface area contributed by atoms with Crippen LogP contribution in [0.5, 0.6) is 0 Å². The molecule has 0 spiro atoms. The quantitative estimate of drug-likeness (QED) is 0.676. The summed E-state index contributed by atoms with van der Waals surface area (Å²) < 4.78 is 53.1. The molecule has 2 aromatic heterocycles. The number of halogens is 4. The summed E-state index contributed by atoms with van der Waals surface area (Å²) in [5.74, 6) is -2.51. The Morgan fingerprint density at radius 2 is 2.04 bits per heavy atom. The Morgan fingerprint density at radius 1 is 1.29 bits per heavy atom. The Hall–Kier alpha value is -2.75. The first-order valence-electron chi connectivity index (χ1n) is 6.36. The Bertz CT molecular complexity index is 917. The highest BCUT2D eigenvalue weighted by Crippen LogP contribution is 2.34. The van der Waals surface area contributed by atoms with Gasteiger partial charge in [-0.05, 0) is 12.1 Å². The molecule has 0 aliphatic carbocycles. The van der Waals surface area contributed by atoms with Crippen molar-refractivity contribution in [3.63, 3.8) is 0 Å². The van der Waals surface area contributed by atoms with Crippen LogP contribution in [-0.4, -0.2) is 20.7 Å². The van der Waals surface area contributed by atoms with Crippen LogP contribution in [0.15, 0.2) is 35.8 Å². The summed E-state index contributed by atoms with van der Waals surface area (Å²) in [4.78, 5) is 14.8. The van der Waals surface area contributed by atoms with Crippen LogP contribution < -0.4 is 5.11 Å². The summed E-state index contributed by atoms with van der Waals surface area (Å²) in [5, 5.41) is 15.5. The topological polar surface area (TPSA) is 70.8 Å². The second-order valence-electron chi connectivity index (χ2n) is 4.63. The standard InChI is InChI=1S/C14H7F4N3O2S/c15-8-3-1-2-7(4-8)10-6-24-13(20-10)21-11(14(16,17)18)9(5-19-21)12(22)23/h1-6H,(H,22,23)/p-1. The minimum atomic E-state index is -4.96. The molecular formula is C14H6F4N3O2S-. The van der Waals surface area contributed by atoms with E-state index in [-0.39, 0.29) is 10.8 Å². The number of benzene rings is 1. The van der Waals surface area contributed by atoms with Crippen molar-refractivity contribution in [3.8, 4) is 16.4 Å². The number of hydrogen-bond acceptors (Lipinski definition) is 5. The van der Waals surface area contributed by atoms with E-state index < -0.39 is 29.2 Å². The van der Waals surface area contributed by atoms with E-state index in [0.29, 0.717) is 16.4 Å². The summed E-state index contributed by atoms with van der Waals surface area (Å²) in [6.07, 6.45) is -4.40. The number of alkyl halides is 3. The predicted octanol–water partition coefficient (Wildman–Crippen LogP) is 2.52. The van der Waals surface area contributed by atoms with Gasteiger partial charge in [0.15, 0.2) is 5.69 Å². The maximum atomic E-state index is 13.2. The minimum absolute atomic E-state index is 0.200. The number of hydrogen-bond donors (Lipinski definition) is 0. The molecule has 0 saturated heterocycles. The van der Waals surface area contributed by atoms with E-state index in [2.05, 4.69) is 10.1 Å². The molecule has 0 saturated carbocycles. The molecule has 0 N–H and O–H groups in total. The highest BCUT2D eigenvalue weighted by atomic mass is 32.1. The molecule has 5 nitrogen and oxygen atoms in total. The maximum absolute atomic E-state index is 13.2. The number of carboxylic acid groups (broad SMARTS) is 1. The van der Waals surface area contributed by atoms with Crippen molar-refractivity contribution in [1.29, 1.82) is 0 Å². The van der Waals surface area contributed by atoms with Crippen molar-refractivity contribution in [2.24, 2.45) is 0 Å². The molecule has 2 heterocycles. The number of nitrogens with zero attached hydrogens (tertiary/aromatic N) is 3. The highest BCUT2D eigenvalue weighted by Gasteiger charge is 2.39. The molecule has 0 bridgehead atoms. The summed E-state index contributed by atoms with van der Waals surface area (Å²) in [6.45, 7) is 0. The molecule has 0 radical (unpaired) electrons. The number of carbonyl (C=O) groups is 1. The number of aromatic nitrogens is 3. The molecule has 1 aromatic carbocycles. The zero-order valence-electron chi connectivity index (χ0n) is 11.5. The van der Waals surface area contributed by atoms with Crippen molar-refractivity contribution >= 4 is 17.3 Å². The molecular weight excluding hydrogens is 350 g/mol. The predicted molar refractivity (Wildman–Crippen MR) is 74.0 cm³/mol. The van der Waals surface area contributed by atoms with Gasteiger partial charge in [-0.1, -0.05) is 12.1 Å². The first-order valence-corrected chi connectivity index (χ1v) is 7.24. The van der Waals surface area contributed by atoms with E-state index in [9.17, 15) is 27.5 Å². The van der Waals surface area contributed by atoms with Crippen LogP contribution in [0, 0.1) is 5.82 Å². The van der Waals surface area contributed by atoms with E-state index in [1.54, 1.807) is 6.07 Å². The first kappa shape index (κ1) is 16.1. The number of carboxylic acids is 1. The van der Waals surface area contributed by atoms with Gasteiger partial charge in [-0.2, -0.15) is 18.3 Å². The largest absolute Gasteiger partial charge is 0.545 e. The number of rotatable bonds is 3. The lowest BCUT2D eigenvalue weighted by atomic mass is 10.2. The lowest BCUT2D eigenvalue weighted by Crippen LogP contribution is -2.26. The molecule has 0 atom stereocenters. The first-order chi connectivity index (χ1) is 11.3. The molecule has 0 fully saturated rings. The minimum Gasteiger partial charge on any atom is -0.545 e. The summed E-state index contributed by atoms with van der Waals surface area (Å²) >= 11 is 0.812. The van der Waals surface area contributed by atoms with Crippen molar-refractivity contribution < 1.29 is 27.5 Å². The van der Waals surface area contributed by atoms with Gasteiger partial charge in [0.05, 0.1) is 17.9 Å². The van der Waals surface area contributed by atoms with Crippen LogP contribution in [0.4, 0.5) is 17.6 Å². The fourth-order valence-electron chi connectivity index (χ4n) is 2.06. The zero-order valence-corrected chi connectivity index (χ0v) is 12.4. The van der Waals surface area contributed by atoms with Gasteiger partial charge in [0.2, 0.25) is 5.13 Å². The van der Waals surface area contributed by atoms with Gasteiger partial charge in [-0.25, -0.2) is 14.1 Å². The Kier molecular flexibility index (Phi) is 3.84. The zero-order chi connectivity index (χ0) is 17.5. The third-order valence-corrected chi connectivity index (χ3v) is 3.87. The van der Waals surface area contributed by atoms with Gasteiger partial charge in [-0.15, -0.1) is 11.3 Å². The normalized spacial score (nSPS) is 11.7. The van der Waals surface area contributed by atoms with Gasteiger partial charge in [0, 0.05) is 16.5 Å². The van der Waals surface area contributed by atoms with Gasteiger partial charge in [0.25, 0.3) is 0 Å². The van der Waals surface area contributed by atoms with E-state index >= 15 is 0 Å². The monoisotopic (exact) mass is 356 g/mol. The lowest BCUT2D eigenvalue weighted by molar-refractivity contribution is -0.255. The molecule has 0 amide bonds. The smallest absolute Gasteiger partial charge is 0.434 e. The van der Waals surface area contributed by atoms with Gasteiger partial charge in [0.1, 0.15) is 5.82 Å². The molecule has 3 rings (SSSR count). The Morgan fingerprint density at radius 3 is 2.67 bits per heavy atom. The number of carbonyl (C=O) groups excluding carboxylic acids is 1. The maximum Gasteiger partial charge on any atom is 0.434 e. The van der Waals surface area contributed by atoms with Crippen LogP contribution in [0.2, 0.25) is 0 Å². The van der Waals surface area contributed by atoms with Gasteiger partial charge < -0.3 is 9.90 Å². The SMILES string of the molecule is O=C([O-])c1cnn(-c2nc(-c3cccc(F)c3)cs2)c1C(F)(F)F. The number of thiazole rings is 1. The molecule has 0 aliphatic rings. The third kappa shape index (κ3) is 2.87. The van der Waals surface area contributed by atoms with E-state index in [1.807, 2.05) is 0 Å². The average Bonchev–Trinajstić information content (AvgIpc) is 3.13.